The molecule has 1 atom stereocenters. The molecule has 2 rings (SSSR count). The maximum Gasteiger partial charge on any atom is 0.124 e. The second-order valence-corrected chi connectivity index (χ2v) is 6.21. The normalized spacial score (nSPS) is 18.5. The number of β-amino-alcohol motifs (C(OH)–C–C–N with tert-alkyl or cyclic N) is 1. The summed E-state index contributed by atoms with van der Waals surface area (Å²) in [6.45, 7) is 3.59. The molecule has 0 radical (unpaired) electrons. The van der Waals surface area contributed by atoms with Crippen LogP contribution in [0.5, 0.6) is 0 Å². The first-order valence-corrected chi connectivity index (χ1v) is 8.03. The molecule has 22 heavy (non-hydrogen) atoms. The molecule has 2 N–H and O–H groups in total. The number of aliphatic hydroxyl groups excluding tert-OH is 1. The molecule has 0 amide bonds. The Morgan fingerprint density at radius 1 is 1.45 bits per heavy atom. The standard InChI is InChI=1S/C16H24ClFN2O2/c1-22-11-15(21)10-20-6-4-14(5-7-20)19-9-12-2-3-13(18)8-16(12)17/h2-3,8,14-15,19,21H,4-7,9-11H2,1H3. The number of nitrogens with zero attached hydrogens (tertiary/aromatic N) is 1. The van der Waals surface area contributed by atoms with Crippen LogP contribution in [0.15, 0.2) is 18.2 Å². The predicted octanol–water partition coefficient (Wildman–Crippen LogP) is 2.04. The van der Waals surface area contributed by atoms with Gasteiger partial charge in [0.1, 0.15) is 5.82 Å². The highest BCUT2D eigenvalue weighted by Crippen LogP contribution is 2.18. The van der Waals surface area contributed by atoms with E-state index in [1.165, 1.54) is 12.1 Å². The third kappa shape index (κ3) is 5.48. The zero-order valence-corrected chi connectivity index (χ0v) is 13.7. The van der Waals surface area contributed by atoms with E-state index < -0.39 is 6.10 Å². The van der Waals surface area contributed by atoms with Crippen molar-refractivity contribution in [1.82, 2.24) is 10.2 Å². The molecule has 1 aliphatic heterocycles. The van der Waals surface area contributed by atoms with Crippen molar-refractivity contribution in [1.29, 1.82) is 0 Å². The number of hydrogen-bond donors (Lipinski definition) is 2. The van der Waals surface area contributed by atoms with Crippen LogP contribution in [0.4, 0.5) is 4.39 Å². The molecular formula is C16H24ClFN2O2. The number of rotatable bonds is 7. The van der Waals surface area contributed by atoms with Gasteiger partial charge in [-0.2, -0.15) is 0 Å². The van der Waals surface area contributed by atoms with Crippen LogP contribution in [0.3, 0.4) is 0 Å². The van der Waals surface area contributed by atoms with E-state index in [1.807, 2.05) is 0 Å². The van der Waals surface area contributed by atoms with Crippen LogP contribution in [0.1, 0.15) is 18.4 Å². The Labute approximate surface area is 136 Å². The van der Waals surface area contributed by atoms with Crippen molar-refractivity contribution in [3.8, 4) is 0 Å². The molecule has 1 saturated heterocycles. The molecular weight excluding hydrogens is 307 g/mol. The van der Waals surface area contributed by atoms with Gasteiger partial charge in [0.2, 0.25) is 0 Å². The molecule has 1 heterocycles. The minimum Gasteiger partial charge on any atom is -0.389 e. The maximum atomic E-state index is 13.0. The van der Waals surface area contributed by atoms with E-state index in [9.17, 15) is 9.50 Å². The van der Waals surface area contributed by atoms with Crippen LogP contribution >= 0.6 is 11.6 Å². The predicted molar refractivity (Wildman–Crippen MR) is 85.6 cm³/mol. The summed E-state index contributed by atoms with van der Waals surface area (Å²) in [6, 6.07) is 4.93. The van der Waals surface area contributed by atoms with Gasteiger partial charge in [0.05, 0.1) is 12.7 Å². The van der Waals surface area contributed by atoms with E-state index >= 15 is 0 Å². The molecule has 1 fully saturated rings. The number of hydrogen-bond acceptors (Lipinski definition) is 4. The number of halogens is 2. The van der Waals surface area contributed by atoms with Crippen LogP contribution in [0, 0.1) is 5.82 Å². The summed E-state index contributed by atoms with van der Waals surface area (Å²) in [5.41, 5.74) is 0.918. The van der Waals surface area contributed by atoms with E-state index in [-0.39, 0.29) is 5.82 Å². The number of benzene rings is 1. The van der Waals surface area contributed by atoms with Crippen molar-refractivity contribution >= 4 is 11.6 Å². The Bertz CT molecular complexity index is 467. The van der Waals surface area contributed by atoms with Gasteiger partial charge in [-0.05, 0) is 43.6 Å². The van der Waals surface area contributed by atoms with Crippen molar-refractivity contribution in [2.24, 2.45) is 0 Å². The summed E-state index contributed by atoms with van der Waals surface area (Å²) in [4.78, 5) is 2.26. The van der Waals surface area contributed by atoms with E-state index in [0.29, 0.717) is 30.8 Å². The van der Waals surface area contributed by atoms with Gasteiger partial charge in [-0.15, -0.1) is 0 Å². The van der Waals surface area contributed by atoms with E-state index in [2.05, 4.69) is 10.2 Å². The van der Waals surface area contributed by atoms with Crippen LogP contribution in [-0.2, 0) is 11.3 Å². The summed E-state index contributed by atoms with van der Waals surface area (Å²) in [6.07, 6.45) is 1.63. The zero-order valence-electron chi connectivity index (χ0n) is 12.9. The third-order valence-electron chi connectivity index (χ3n) is 4.01. The van der Waals surface area contributed by atoms with Crippen molar-refractivity contribution in [2.45, 2.75) is 31.5 Å². The first kappa shape index (κ1) is 17.6. The monoisotopic (exact) mass is 330 g/mol. The highest BCUT2D eigenvalue weighted by Gasteiger charge is 2.20. The fourth-order valence-electron chi connectivity index (χ4n) is 2.78. The largest absolute Gasteiger partial charge is 0.389 e. The topological polar surface area (TPSA) is 44.7 Å². The Morgan fingerprint density at radius 3 is 2.82 bits per heavy atom. The Hall–Kier alpha value is -0.720. The van der Waals surface area contributed by atoms with Crippen LogP contribution in [0.25, 0.3) is 0 Å². The van der Waals surface area contributed by atoms with Crippen molar-refractivity contribution in [3.05, 3.63) is 34.6 Å². The summed E-state index contributed by atoms with van der Waals surface area (Å²) in [5, 5.41) is 13.7. The second kappa shape index (κ2) is 8.79. The minimum absolute atomic E-state index is 0.309. The molecule has 4 nitrogen and oxygen atoms in total. The SMILES string of the molecule is COCC(O)CN1CCC(NCc2ccc(F)cc2Cl)CC1. The Morgan fingerprint density at radius 2 is 2.18 bits per heavy atom. The van der Waals surface area contributed by atoms with Gasteiger partial charge < -0.3 is 20.1 Å². The smallest absolute Gasteiger partial charge is 0.124 e. The molecule has 1 aromatic carbocycles. The maximum absolute atomic E-state index is 13.0. The van der Waals surface area contributed by atoms with Gasteiger partial charge in [-0.1, -0.05) is 17.7 Å². The van der Waals surface area contributed by atoms with E-state index in [0.717, 1.165) is 31.5 Å². The van der Waals surface area contributed by atoms with Crippen LogP contribution in [-0.4, -0.2) is 55.5 Å². The molecule has 1 aliphatic rings. The molecule has 1 unspecified atom stereocenters. The number of likely N-dealkylation sites (tertiary alicyclic amines) is 1. The lowest BCUT2D eigenvalue weighted by Crippen LogP contribution is -2.45. The van der Waals surface area contributed by atoms with Gasteiger partial charge in [-0.3, -0.25) is 0 Å². The highest BCUT2D eigenvalue weighted by atomic mass is 35.5. The van der Waals surface area contributed by atoms with Crippen molar-refractivity contribution < 1.29 is 14.2 Å². The van der Waals surface area contributed by atoms with Gasteiger partial charge >= 0.3 is 0 Å². The lowest BCUT2D eigenvalue weighted by atomic mass is 10.0. The molecule has 0 aromatic heterocycles. The third-order valence-corrected chi connectivity index (χ3v) is 4.36. The van der Waals surface area contributed by atoms with Gasteiger partial charge in [0.15, 0.2) is 0 Å². The lowest BCUT2D eigenvalue weighted by Gasteiger charge is -2.33. The van der Waals surface area contributed by atoms with Crippen LogP contribution < -0.4 is 5.32 Å². The quantitative estimate of drug-likeness (QED) is 0.803. The average molecular weight is 331 g/mol. The van der Waals surface area contributed by atoms with Crippen molar-refractivity contribution in [2.75, 3.05) is 33.4 Å². The van der Waals surface area contributed by atoms with E-state index in [4.69, 9.17) is 16.3 Å². The molecule has 0 saturated carbocycles. The van der Waals surface area contributed by atoms with Crippen molar-refractivity contribution in [3.63, 3.8) is 0 Å². The second-order valence-electron chi connectivity index (χ2n) is 5.80. The lowest BCUT2D eigenvalue weighted by molar-refractivity contribution is 0.0310. The van der Waals surface area contributed by atoms with E-state index in [1.54, 1.807) is 13.2 Å². The minimum atomic E-state index is -0.424. The number of nitrogens with one attached hydrogen (secondary N) is 1. The summed E-state index contributed by atoms with van der Waals surface area (Å²) in [7, 11) is 1.60. The fraction of sp³-hybridized carbons (Fsp3) is 0.625. The van der Waals surface area contributed by atoms with Gasteiger partial charge in [-0.25, -0.2) is 4.39 Å². The average Bonchev–Trinajstić information content (AvgIpc) is 2.48. The Balaban J connectivity index is 1.71. The molecule has 0 aliphatic carbocycles. The number of methoxy groups -OCH3 is 1. The summed E-state index contributed by atoms with van der Waals surface area (Å²) < 4.78 is 18.0. The zero-order chi connectivity index (χ0) is 15.9. The number of aliphatic hydroxyl groups is 1. The first-order chi connectivity index (χ1) is 10.6. The number of ether oxygens (including phenoxy) is 1. The summed E-state index contributed by atoms with van der Waals surface area (Å²) >= 11 is 6.03. The van der Waals surface area contributed by atoms with Gasteiger partial charge in [0, 0.05) is 31.3 Å². The summed E-state index contributed by atoms with van der Waals surface area (Å²) in [5.74, 6) is -0.309. The molecule has 0 bridgehead atoms. The first-order valence-electron chi connectivity index (χ1n) is 7.65. The molecule has 1 aromatic rings. The fourth-order valence-corrected chi connectivity index (χ4v) is 3.02. The molecule has 0 spiro atoms. The molecule has 124 valence electrons. The molecule has 6 heteroatoms. The van der Waals surface area contributed by atoms with Gasteiger partial charge in [0.25, 0.3) is 0 Å². The highest BCUT2D eigenvalue weighted by molar-refractivity contribution is 6.31. The van der Waals surface area contributed by atoms with Crippen LogP contribution in [0.2, 0.25) is 5.02 Å². The Kier molecular flexibility index (Phi) is 7.05. The number of piperidine rings is 1.